The van der Waals surface area contributed by atoms with Gasteiger partial charge in [0.25, 0.3) is 0 Å². The molecule has 0 saturated heterocycles. The third-order valence-corrected chi connectivity index (χ3v) is 9.71. The van der Waals surface area contributed by atoms with Gasteiger partial charge in [-0.3, -0.25) is 0 Å². The molecule has 0 aliphatic heterocycles. The summed E-state index contributed by atoms with van der Waals surface area (Å²) in [6.07, 6.45) is 5.31. The Morgan fingerprint density at radius 2 is 1.08 bits per heavy atom. The fourth-order valence-corrected chi connectivity index (χ4v) is 7.69. The zero-order chi connectivity index (χ0) is 26.4. The van der Waals surface area contributed by atoms with Gasteiger partial charge in [0.1, 0.15) is 0 Å². The van der Waals surface area contributed by atoms with Crippen LogP contribution in [0.25, 0.3) is 5.57 Å². The minimum Gasteiger partial charge on any atom is -0.0714 e. The smallest absolute Gasteiger partial charge is 0.0710 e. The van der Waals surface area contributed by atoms with Gasteiger partial charge in [-0.1, -0.05) is 133 Å². The standard InChI is InChI=1S/C38H36/c1-23-7-13-27(14-8-23)38(28-15-9-24(2)10-16-28)35-20-26(4)12-18-30(35)32-21-34-31(22-36(32)38)29-17-11-25(3)19-33(29)37(34,5)6/h7-22,31,34H,1-6H3. The summed E-state index contributed by atoms with van der Waals surface area (Å²) in [6.45, 7) is 13.7. The molecule has 0 N–H and O–H groups in total. The number of fused-ring (bicyclic) bond motifs is 6. The lowest BCUT2D eigenvalue weighted by Crippen LogP contribution is -2.31. The minimum atomic E-state index is -0.336. The van der Waals surface area contributed by atoms with Gasteiger partial charge in [0, 0.05) is 5.92 Å². The van der Waals surface area contributed by atoms with E-state index in [4.69, 9.17) is 0 Å². The molecule has 38 heavy (non-hydrogen) atoms. The number of hydrogen-bond donors (Lipinski definition) is 0. The quantitative estimate of drug-likeness (QED) is 0.261. The first-order chi connectivity index (χ1) is 18.2. The van der Waals surface area contributed by atoms with E-state index in [0.717, 1.165) is 0 Å². The molecule has 0 saturated carbocycles. The fraction of sp³-hybridized carbons (Fsp3) is 0.263. The molecule has 188 valence electrons. The highest BCUT2D eigenvalue weighted by atomic mass is 14.6. The molecular formula is C38H36. The van der Waals surface area contributed by atoms with Crippen molar-refractivity contribution in [1.29, 1.82) is 0 Å². The van der Waals surface area contributed by atoms with Crippen molar-refractivity contribution in [3.8, 4) is 0 Å². The molecule has 0 bridgehead atoms. The van der Waals surface area contributed by atoms with Crippen LogP contribution >= 0.6 is 0 Å². The highest BCUT2D eigenvalue weighted by Gasteiger charge is 2.53. The van der Waals surface area contributed by atoms with Crippen LogP contribution in [0.2, 0.25) is 0 Å². The molecule has 0 aromatic heterocycles. The third kappa shape index (κ3) is 3.04. The number of rotatable bonds is 2. The lowest BCUT2D eigenvalue weighted by molar-refractivity contribution is 0.393. The Bertz CT molecular complexity index is 1610. The van der Waals surface area contributed by atoms with Crippen molar-refractivity contribution in [1.82, 2.24) is 0 Å². The van der Waals surface area contributed by atoms with Gasteiger partial charge in [0.15, 0.2) is 0 Å². The van der Waals surface area contributed by atoms with Gasteiger partial charge >= 0.3 is 0 Å². The zero-order valence-corrected chi connectivity index (χ0v) is 23.4. The van der Waals surface area contributed by atoms with Crippen LogP contribution in [0.4, 0.5) is 0 Å². The summed E-state index contributed by atoms with van der Waals surface area (Å²) in [4.78, 5) is 0. The summed E-state index contributed by atoms with van der Waals surface area (Å²) in [5.74, 6) is 0.823. The molecule has 4 aromatic carbocycles. The molecule has 0 amide bonds. The van der Waals surface area contributed by atoms with Crippen molar-refractivity contribution in [2.75, 3.05) is 0 Å². The van der Waals surface area contributed by atoms with Crippen molar-refractivity contribution < 1.29 is 0 Å². The molecule has 3 aliphatic carbocycles. The normalized spacial score (nSPS) is 21.6. The van der Waals surface area contributed by atoms with E-state index in [-0.39, 0.29) is 10.8 Å². The zero-order valence-electron chi connectivity index (χ0n) is 23.4. The molecule has 3 aliphatic rings. The Balaban J connectivity index is 1.59. The van der Waals surface area contributed by atoms with E-state index in [1.807, 2.05) is 0 Å². The summed E-state index contributed by atoms with van der Waals surface area (Å²) in [6, 6.07) is 32.9. The maximum atomic E-state index is 2.66. The van der Waals surface area contributed by atoms with Crippen LogP contribution in [0.5, 0.6) is 0 Å². The average Bonchev–Trinajstić information content (AvgIpc) is 3.29. The predicted octanol–water partition coefficient (Wildman–Crippen LogP) is 9.28. The second-order valence-corrected chi connectivity index (χ2v) is 12.6. The molecule has 2 atom stereocenters. The highest BCUT2D eigenvalue weighted by molar-refractivity contribution is 5.95. The van der Waals surface area contributed by atoms with Gasteiger partial charge in [-0.15, -0.1) is 0 Å². The van der Waals surface area contributed by atoms with E-state index in [1.165, 1.54) is 66.8 Å². The molecule has 2 unspecified atom stereocenters. The molecule has 4 aromatic rings. The third-order valence-electron chi connectivity index (χ3n) is 9.71. The predicted molar refractivity (Wildman–Crippen MR) is 160 cm³/mol. The molecule has 0 fully saturated rings. The minimum absolute atomic E-state index is 0.0882. The van der Waals surface area contributed by atoms with Crippen LogP contribution < -0.4 is 0 Å². The second-order valence-electron chi connectivity index (χ2n) is 12.6. The summed E-state index contributed by atoms with van der Waals surface area (Å²) < 4.78 is 0. The molecule has 0 spiro atoms. The van der Waals surface area contributed by atoms with Gasteiger partial charge in [-0.05, 0) is 83.6 Å². The summed E-state index contributed by atoms with van der Waals surface area (Å²) >= 11 is 0. The van der Waals surface area contributed by atoms with E-state index in [1.54, 1.807) is 0 Å². The molecule has 0 heteroatoms. The van der Waals surface area contributed by atoms with E-state index in [2.05, 4.69) is 139 Å². The van der Waals surface area contributed by atoms with Gasteiger partial charge in [-0.25, -0.2) is 0 Å². The number of hydrogen-bond acceptors (Lipinski definition) is 0. The SMILES string of the molecule is Cc1ccc(C2(c3ccc(C)cc3)C3=CC4c5ccc(C)cc5C(C)(C)C4C=C3c3ccc(C)cc32)cc1. The summed E-state index contributed by atoms with van der Waals surface area (Å²) in [5.41, 5.74) is 16.4. The van der Waals surface area contributed by atoms with Crippen LogP contribution in [0, 0.1) is 33.6 Å². The second kappa shape index (κ2) is 7.93. The first-order valence-electron chi connectivity index (χ1n) is 14.0. The van der Waals surface area contributed by atoms with Crippen molar-refractivity contribution in [2.45, 2.75) is 58.3 Å². The Labute approximate surface area is 227 Å². The van der Waals surface area contributed by atoms with Gasteiger partial charge in [0.2, 0.25) is 0 Å². The Morgan fingerprint density at radius 1 is 0.553 bits per heavy atom. The van der Waals surface area contributed by atoms with E-state index in [0.29, 0.717) is 11.8 Å². The number of allylic oxidation sites excluding steroid dienone is 4. The van der Waals surface area contributed by atoms with Gasteiger partial charge < -0.3 is 0 Å². The van der Waals surface area contributed by atoms with Gasteiger partial charge in [-0.2, -0.15) is 0 Å². The molecule has 0 heterocycles. The summed E-state index contributed by atoms with van der Waals surface area (Å²) in [7, 11) is 0. The fourth-order valence-electron chi connectivity index (χ4n) is 7.69. The lowest BCUT2D eigenvalue weighted by atomic mass is 9.64. The average molecular weight is 493 g/mol. The van der Waals surface area contributed by atoms with Crippen molar-refractivity contribution in [2.24, 2.45) is 5.92 Å². The van der Waals surface area contributed by atoms with Crippen molar-refractivity contribution in [3.63, 3.8) is 0 Å². The monoisotopic (exact) mass is 492 g/mol. The van der Waals surface area contributed by atoms with Gasteiger partial charge in [0.05, 0.1) is 5.41 Å². The van der Waals surface area contributed by atoms with Crippen molar-refractivity contribution >= 4 is 5.57 Å². The van der Waals surface area contributed by atoms with Crippen molar-refractivity contribution in [3.05, 3.63) is 158 Å². The van der Waals surface area contributed by atoms with E-state index < -0.39 is 0 Å². The van der Waals surface area contributed by atoms with E-state index in [9.17, 15) is 0 Å². The van der Waals surface area contributed by atoms with Crippen LogP contribution in [0.3, 0.4) is 0 Å². The Morgan fingerprint density at radius 3 is 1.68 bits per heavy atom. The van der Waals surface area contributed by atoms with E-state index >= 15 is 0 Å². The Kier molecular flexibility index (Phi) is 4.90. The van der Waals surface area contributed by atoms with Crippen LogP contribution in [0.1, 0.15) is 75.4 Å². The first kappa shape index (κ1) is 23.5. The van der Waals surface area contributed by atoms with Crippen LogP contribution in [-0.4, -0.2) is 0 Å². The number of aryl methyl sites for hydroxylation is 4. The maximum Gasteiger partial charge on any atom is 0.0710 e. The molecule has 7 rings (SSSR count). The highest BCUT2D eigenvalue weighted by Crippen LogP contribution is 2.63. The topological polar surface area (TPSA) is 0 Å². The molecule has 0 radical (unpaired) electrons. The maximum absolute atomic E-state index is 2.66. The molecular weight excluding hydrogens is 456 g/mol. The summed E-state index contributed by atoms with van der Waals surface area (Å²) in [5, 5.41) is 0. The van der Waals surface area contributed by atoms with Crippen LogP contribution in [-0.2, 0) is 10.8 Å². The van der Waals surface area contributed by atoms with Crippen LogP contribution in [0.15, 0.2) is 103 Å². The number of benzene rings is 4. The lowest BCUT2D eigenvalue weighted by Gasteiger charge is -2.38. The largest absolute Gasteiger partial charge is 0.0714 e. The first-order valence-corrected chi connectivity index (χ1v) is 14.0. The molecule has 0 nitrogen and oxygen atoms in total. The Hall–Kier alpha value is -3.64.